The highest BCUT2D eigenvalue weighted by Gasteiger charge is 2.23. The molecule has 2 saturated heterocycles. The quantitative estimate of drug-likeness (QED) is 0.835. The van der Waals surface area contributed by atoms with Gasteiger partial charge in [0.25, 0.3) is 0 Å². The zero-order valence-corrected chi connectivity index (χ0v) is 11.3. The topological polar surface area (TPSA) is 41.9 Å². The maximum absolute atomic E-state index is 4.66. The van der Waals surface area contributed by atoms with Crippen molar-refractivity contribution in [3.63, 3.8) is 0 Å². The molecule has 2 N–H and O–H groups in total. The summed E-state index contributed by atoms with van der Waals surface area (Å²) in [4.78, 5) is 0. The average molecular weight is 248 g/mol. The van der Waals surface area contributed by atoms with Gasteiger partial charge in [-0.05, 0) is 57.2 Å². The Hall–Kier alpha value is -0.870. The van der Waals surface area contributed by atoms with Crippen LogP contribution in [0.25, 0.3) is 0 Å². The number of piperidine rings is 2. The molecule has 0 radical (unpaired) electrons. The number of nitrogens with zero attached hydrogens (tertiary/aromatic N) is 2. The summed E-state index contributed by atoms with van der Waals surface area (Å²) in [6.45, 7) is 6.78. The minimum Gasteiger partial charge on any atom is -0.316 e. The van der Waals surface area contributed by atoms with E-state index in [1.54, 1.807) is 0 Å². The first-order chi connectivity index (χ1) is 8.86. The van der Waals surface area contributed by atoms with Crippen LogP contribution in [0.1, 0.15) is 48.9 Å². The highest BCUT2D eigenvalue weighted by molar-refractivity contribution is 5.23. The largest absolute Gasteiger partial charge is 0.316 e. The van der Waals surface area contributed by atoms with Gasteiger partial charge in [-0.3, -0.25) is 4.68 Å². The standard InChI is InChI=1S/C14H24N4/c1-11-14(12-4-2-6-15-8-12)10-17-18(11)13-5-3-7-16-9-13/h10,12-13,15-16H,2-9H2,1H3. The van der Waals surface area contributed by atoms with E-state index in [-0.39, 0.29) is 0 Å². The van der Waals surface area contributed by atoms with Gasteiger partial charge in [-0.2, -0.15) is 5.10 Å². The monoisotopic (exact) mass is 248 g/mol. The van der Waals surface area contributed by atoms with Gasteiger partial charge in [0.15, 0.2) is 0 Å². The van der Waals surface area contributed by atoms with E-state index in [0.29, 0.717) is 12.0 Å². The van der Waals surface area contributed by atoms with E-state index in [9.17, 15) is 0 Å². The van der Waals surface area contributed by atoms with E-state index in [1.165, 1.54) is 43.5 Å². The highest BCUT2D eigenvalue weighted by atomic mass is 15.3. The molecular weight excluding hydrogens is 224 g/mol. The lowest BCUT2D eigenvalue weighted by Crippen LogP contribution is -2.33. The third kappa shape index (κ3) is 2.31. The van der Waals surface area contributed by atoms with Crippen LogP contribution in [0.2, 0.25) is 0 Å². The van der Waals surface area contributed by atoms with Crippen molar-refractivity contribution in [2.75, 3.05) is 26.2 Å². The molecule has 1 aromatic rings. The Morgan fingerprint density at radius 1 is 1.17 bits per heavy atom. The van der Waals surface area contributed by atoms with E-state index in [0.717, 1.165) is 19.6 Å². The molecule has 2 fully saturated rings. The molecule has 0 amide bonds. The minimum atomic E-state index is 0.559. The highest BCUT2D eigenvalue weighted by Crippen LogP contribution is 2.28. The molecule has 0 bridgehead atoms. The molecule has 1 aromatic heterocycles. The van der Waals surface area contributed by atoms with Gasteiger partial charge in [-0.1, -0.05) is 0 Å². The van der Waals surface area contributed by atoms with Gasteiger partial charge in [-0.15, -0.1) is 0 Å². The SMILES string of the molecule is Cc1c(C2CCCNC2)cnn1C1CCCNC1. The normalized spacial score (nSPS) is 29.4. The van der Waals surface area contributed by atoms with Crippen LogP contribution in [0.3, 0.4) is 0 Å². The first-order valence-electron chi connectivity index (χ1n) is 7.31. The lowest BCUT2D eigenvalue weighted by Gasteiger charge is -2.26. The Kier molecular flexibility index (Phi) is 3.66. The molecule has 0 aliphatic carbocycles. The summed E-state index contributed by atoms with van der Waals surface area (Å²) in [5, 5.41) is 11.6. The predicted octanol–water partition coefficient (Wildman–Crippen LogP) is 1.58. The summed E-state index contributed by atoms with van der Waals surface area (Å²) in [7, 11) is 0. The first kappa shape index (κ1) is 12.2. The molecule has 0 aromatic carbocycles. The van der Waals surface area contributed by atoms with Crippen LogP contribution < -0.4 is 10.6 Å². The van der Waals surface area contributed by atoms with Gasteiger partial charge in [0, 0.05) is 18.8 Å². The molecule has 2 aliphatic heterocycles. The number of hydrogen-bond donors (Lipinski definition) is 2. The van der Waals surface area contributed by atoms with Gasteiger partial charge in [-0.25, -0.2) is 0 Å². The maximum atomic E-state index is 4.66. The van der Waals surface area contributed by atoms with Crippen LogP contribution in [-0.4, -0.2) is 36.0 Å². The number of rotatable bonds is 2. The van der Waals surface area contributed by atoms with Gasteiger partial charge in [0.2, 0.25) is 0 Å². The molecule has 0 saturated carbocycles. The fourth-order valence-corrected chi connectivity index (χ4v) is 3.37. The smallest absolute Gasteiger partial charge is 0.0647 e. The Morgan fingerprint density at radius 3 is 2.61 bits per heavy atom. The first-order valence-corrected chi connectivity index (χ1v) is 7.31. The van der Waals surface area contributed by atoms with E-state index in [4.69, 9.17) is 0 Å². The Bertz CT molecular complexity index is 351. The van der Waals surface area contributed by atoms with Crippen molar-refractivity contribution in [3.05, 3.63) is 17.5 Å². The lowest BCUT2D eigenvalue weighted by molar-refractivity contribution is 0.341. The lowest BCUT2D eigenvalue weighted by atomic mass is 9.92. The second-order valence-corrected chi connectivity index (χ2v) is 5.67. The molecule has 2 unspecified atom stereocenters. The zero-order chi connectivity index (χ0) is 12.4. The second kappa shape index (κ2) is 5.41. The van der Waals surface area contributed by atoms with Gasteiger partial charge in [0.1, 0.15) is 0 Å². The fraction of sp³-hybridized carbons (Fsp3) is 0.786. The Morgan fingerprint density at radius 2 is 1.94 bits per heavy atom. The number of hydrogen-bond acceptors (Lipinski definition) is 3. The summed E-state index contributed by atoms with van der Waals surface area (Å²) in [6.07, 6.45) is 7.24. The van der Waals surface area contributed by atoms with Gasteiger partial charge >= 0.3 is 0 Å². The van der Waals surface area contributed by atoms with Crippen LogP contribution in [0.15, 0.2) is 6.20 Å². The number of aromatic nitrogens is 2. The third-order valence-corrected chi connectivity index (χ3v) is 4.44. The van der Waals surface area contributed by atoms with Gasteiger partial charge < -0.3 is 10.6 Å². The van der Waals surface area contributed by atoms with Crippen molar-refractivity contribution in [2.45, 2.75) is 44.6 Å². The summed E-state index contributed by atoms with van der Waals surface area (Å²) >= 11 is 0. The van der Waals surface area contributed by atoms with Crippen molar-refractivity contribution in [1.82, 2.24) is 20.4 Å². The molecule has 2 aliphatic rings. The minimum absolute atomic E-state index is 0.559. The molecule has 100 valence electrons. The summed E-state index contributed by atoms with van der Waals surface area (Å²) in [5.74, 6) is 0.670. The van der Waals surface area contributed by atoms with Crippen LogP contribution in [-0.2, 0) is 0 Å². The molecule has 0 spiro atoms. The number of nitrogens with one attached hydrogen (secondary N) is 2. The molecule has 4 nitrogen and oxygen atoms in total. The molecular formula is C14H24N4. The summed E-state index contributed by atoms with van der Waals surface area (Å²) < 4.78 is 2.26. The third-order valence-electron chi connectivity index (χ3n) is 4.44. The summed E-state index contributed by atoms with van der Waals surface area (Å²) in [6, 6.07) is 0.559. The van der Waals surface area contributed by atoms with Crippen molar-refractivity contribution >= 4 is 0 Å². The molecule has 4 heteroatoms. The van der Waals surface area contributed by atoms with Crippen LogP contribution in [0.4, 0.5) is 0 Å². The Balaban J connectivity index is 1.78. The predicted molar refractivity (Wildman–Crippen MR) is 72.9 cm³/mol. The van der Waals surface area contributed by atoms with Crippen molar-refractivity contribution < 1.29 is 0 Å². The van der Waals surface area contributed by atoms with Crippen molar-refractivity contribution in [1.29, 1.82) is 0 Å². The van der Waals surface area contributed by atoms with Crippen LogP contribution in [0, 0.1) is 6.92 Å². The van der Waals surface area contributed by atoms with Gasteiger partial charge in [0.05, 0.1) is 12.2 Å². The van der Waals surface area contributed by atoms with E-state index in [2.05, 4.69) is 33.5 Å². The molecule has 18 heavy (non-hydrogen) atoms. The molecule has 3 rings (SSSR count). The van der Waals surface area contributed by atoms with Crippen molar-refractivity contribution in [3.8, 4) is 0 Å². The maximum Gasteiger partial charge on any atom is 0.0647 e. The van der Waals surface area contributed by atoms with E-state index in [1.807, 2.05) is 0 Å². The van der Waals surface area contributed by atoms with Crippen LogP contribution in [0.5, 0.6) is 0 Å². The van der Waals surface area contributed by atoms with E-state index >= 15 is 0 Å². The van der Waals surface area contributed by atoms with Crippen LogP contribution >= 0.6 is 0 Å². The average Bonchev–Trinajstić information content (AvgIpc) is 2.83. The second-order valence-electron chi connectivity index (χ2n) is 5.67. The zero-order valence-electron chi connectivity index (χ0n) is 11.3. The molecule has 2 atom stereocenters. The fourth-order valence-electron chi connectivity index (χ4n) is 3.37. The van der Waals surface area contributed by atoms with E-state index < -0.39 is 0 Å². The Labute approximate surface area is 109 Å². The van der Waals surface area contributed by atoms with Crippen molar-refractivity contribution in [2.24, 2.45) is 0 Å². The molecule has 3 heterocycles. The summed E-state index contributed by atoms with van der Waals surface area (Å²) in [5.41, 5.74) is 2.85.